The van der Waals surface area contributed by atoms with E-state index < -0.39 is 5.82 Å². The summed E-state index contributed by atoms with van der Waals surface area (Å²) in [5.41, 5.74) is 1.11. The number of fused-ring (bicyclic) bond motifs is 1. The lowest BCUT2D eigenvalue weighted by molar-refractivity contribution is -0.127. The molecule has 1 heterocycles. The molecule has 0 aliphatic carbocycles. The molecule has 4 aromatic rings. The number of halogens is 2. The average molecular weight is 498 g/mol. The lowest BCUT2D eigenvalue weighted by Gasteiger charge is -2.19. The second-order valence-electron chi connectivity index (χ2n) is 7.49. The number of hydrogen-bond acceptors (Lipinski definition) is 5. The van der Waals surface area contributed by atoms with E-state index in [1.165, 1.54) is 21.6 Å². The van der Waals surface area contributed by atoms with Gasteiger partial charge < -0.3 is 9.64 Å². The standard InChI is InChI=1S/C25H21ClFN3O3S/c1-29(14-19-20(26)10-6-11-21(19)27)23(31)15-34-25-28-22-12-4-3-9-18(22)24(32)30(25)16-7-5-8-17(13-16)33-2/h3-13H,14-15H2,1-2H3. The fourth-order valence-electron chi connectivity index (χ4n) is 3.43. The molecule has 0 spiro atoms. The van der Waals surface area contributed by atoms with Gasteiger partial charge in [0.1, 0.15) is 11.6 Å². The molecule has 0 aliphatic heterocycles. The zero-order valence-electron chi connectivity index (χ0n) is 18.5. The van der Waals surface area contributed by atoms with Crippen LogP contribution < -0.4 is 10.3 Å². The molecule has 174 valence electrons. The molecule has 0 bridgehead atoms. The molecule has 0 unspecified atom stereocenters. The van der Waals surface area contributed by atoms with Gasteiger partial charge in [0.2, 0.25) is 5.91 Å². The van der Waals surface area contributed by atoms with E-state index in [0.29, 0.717) is 27.5 Å². The molecule has 0 N–H and O–H groups in total. The Bertz CT molecular complexity index is 1410. The van der Waals surface area contributed by atoms with Crippen molar-refractivity contribution in [2.75, 3.05) is 19.9 Å². The average Bonchev–Trinajstić information content (AvgIpc) is 2.84. The highest BCUT2D eigenvalue weighted by Gasteiger charge is 2.18. The molecule has 4 rings (SSSR count). The molecule has 3 aromatic carbocycles. The van der Waals surface area contributed by atoms with Gasteiger partial charge in [0.15, 0.2) is 5.16 Å². The van der Waals surface area contributed by atoms with Gasteiger partial charge in [0.25, 0.3) is 5.56 Å². The summed E-state index contributed by atoms with van der Waals surface area (Å²) in [6.45, 7) is 0.0265. The lowest BCUT2D eigenvalue weighted by atomic mass is 10.2. The Kier molecular flexibility index (Phi) is 7.19. The number of benzene rings is 3. The fraction of sp³-hybridized carbons (Fsp3) is 0.160. The monoisotopic (exact) mass is 497 g/mol. The van der Waals surface area contributed by atoms with E-state index in [1.54, 1.807) is 68.8 Å². The number of para-hydroxylation sites is 1. The predicted octanol–water partition coefficient (Wildman–Crippen LogP) is 4.94. The van der Waals surface area contributed by atoms with Crippen LogP contribution in [0, 0.1) is 5.82 Å². The Labute approximate surface area is 204 Å². The summed E-state index contributed by atoms with van der Waals surface area (Å²) in [4.78, 5) is 32.2. The van der Waals surface area contributed by atoms with E-state index in [0.717, 1.165) is 11.8 Å². The van der Waals surface area contributed by atoms with Crippen molar-refractivity contribution in [3.8, 4) is 11.4 Å². The van der Waals surface area contributed by atoms with Crippen LogP contribution in [0.3, 0.4) is 0 Å². The van der Waals surface area contributed by atoms with Crippen molar-refractivity contribution >= 4 is 40.2 Å². The van der Waals surface area contributed by atoms with Gasteiger partial charge in [-0.1, -0.05) is 47.6 Å². The molecule has 6 nitrogen and oxygen atoms in total. The Balaban J connectivity index is 1.64. The number of ether oxygens (including phenoxy) is 1. The number of methoxy groups -OCH3 is 1. The van der Waals surface area contributed by atoms with Crippen molar-refractivity contribution in [3.05, 3.63) is 93.5 Å². The van der Waals surface area contributed by atoms with E-state index in [9.17, 15) is 14.0 Å². The van der Waals surface area contributed by atoms with Crippen LogP contribution in [0.15, 0.2) is 76.7 Å². The largest absolute Gasteiger partial charge is 0.497 e. The molecule has 1 aromatic heterocycles. The van der Waals surface area contributed by atoms with Crippen LogP contribution in [0.5, 0.6) is 5.75 Å². The van der Waals surface area contributed by atoms with E-state index in [2.05, 4.69) is 4.98 Å². The summed E-state index contributed by atoms with van der Waals surface area (Å²) in [6, 6.07) is 18.5. The van der Waals surface area contributed by atoms with Gasteiger partial charge >= 0.3 is 0 Å². The van der Waals surface area contributed by atoms with Crippen molar-refractivity contribution in [3.63, 3.8) is 0 Å². The van der Waals surface area contributed by atoms with Crippen LogP contribution in [0.1, 0.15) is 5.56 Å². The predicted molar refractivity (Wildman–Crippen MR) is 132 cm³/mol. The molecular weight excluding hydrogens is 477 g/mol. The molecule has 0 fully saturated rings. The van der Waals surface area contributed by atoms with Crippen molar-refractivity contribution < 1.29 is 13.9 Å². The first-order chi connectivity index (χ1) is 16.4. The summed E-state index contributed by atoms with van der Waals surface area (Å²) in [7, 11) is 3.13. The van der Waals surface area contributed by atoms with Gasteiger partial charge in [0.05, 0.1) is 29.5 Å². The Morgan fingerprint density at radius 3 is 2.68 bits per heavy atom. The quantitative estimate of drug-likeness (QED) is 0.267. The summed E-state index contributed by atoms with van der Waals surface area (Å²) in [6.07, 6.45) is 0. The summed E-state index contributed by atoms with van der Waals surface area (Å²) in [5, 5.41) is 1.09. The first-order valence-corrected chi connectivity index (χ1v) is 11.7. The second-order valence-corrected chi connectivity index (χ2v) is 8.84. The van der Waals surface area contributed by atoms with Crippen molar-refractivity contribution in [2.24, 2.45) is 0 Å². The molecule has 0 radical (unpaired) electrons. The van der Waals surface area contributed by atoms with Crippen LogP contribution >= 0.6 is 23.4 Å². The number of thioether (sulfide) groups is 1. The minimum atomic E-state index is -0.470. The molecule has 0 atom stereocenters. The van der Waals surface area contributed by atoms with Crippen LogP contribution in [0.4, 0.5) is 4.39 Å². The highest BCUT2D eigenvalue weighted by Crippen LogP contribution is 2.25. The zero-order chi connectivity index (χ0) is 24.2. The van der Waals surface area contributed by atoms with Crippen LogP contribution in [0.2, 0.25) is 5.02 Å². The van der Waals surface area contributed by atoms with Crippen molar-refractivity contribution in [1.29, 1.82) is 0 Å². The lowest BCUT2D eigenvalue weighted by Crippen LogP contribution is -2.29. The SMILES string of the molecule is COc1cccc(-n2c(SCC(=O)N(C)Cc3c(F)cccc3Cl)nc3ccccc3c2=O)c1. The molecule has 1 amide bonds. The highest BCUT2D eigenvalue weighted by atomic mass is 35.5. The van der Waals surface area contributed by atoms with Crippen LogP contribution in [-0.4, -0.2) is 40.3 Å². The number of carbonyl (C=O) groups is 1. The van der Waals surface area contributed by atoms with Crippen LogP contribution in [-0.2, 0) is 11.3 Å². The number of aromatic nitrogens is 2. The van der Waals surface area contributed by atoms with E-state index >= 15 is 0 Å². The van der Waals surface area contributed by atoms with Gasteiger partial charge in [-0.25, -0.2) is 9.37 Å². The van der Waals surface area contributed by atoms with Crippen LogP contribution in [0.25, 0.3) is 16.6 Å². The number of nitrogens with zero attached hydrogens (tertiary/aromatic N) is 3. The topological polar surface area (TPSA) is 64.4 Å². The van der Waals surface area contributed by atoms with Gasteiger partial charge in [-0.15, -0.1) is 0 Å². The van der Waals surface area contributed by atoms with E-state index in [-0.39, 0.29) is 34.4 Å². The van der Waals surface area contributed by atoms with E-state index in [1.807, 2.05) is 0 Å². The molecule has 0 saturated carbocycles. The molecular formula is C25H21ClFN3O3S. The summed E-state index contributed by atoms with van der Waals surface area (Å²) in [5.74, 6) is -0.144. The minimum Gasteiger partial charge on any atom is -0.497 e. The second kappa shape index (κ2) is 10.3. The third-order valence-electron chi connectivity index (χ3n) is 5.26. The smallest absolute Gasteiger partial charge is 0.266 e. The fourth-order valence-corrected chi connectivity index (χ4v) is 4.61. The normalized spacial score (nSPS) is 10.9. The van der Waals surface area contributed by atoms with Gasteiger partial charge in [-0.2, -0.15) is 0 Å². The van der Waals surface area contributed by atoms with Gasteiger partial charge in [0, 0.05) is 30.2 Å². The minimum absolute atomic E-state index is 0.00266. The van der Waals surface area contributed by atoms with E-state index in [4.69, 9.17) is 16.3 Å². The van der Waals surface area contributed by atoms with Crippen molar-refractivity contribution in [2.45, 2.75) is 11.7 Å². The Hall–Kier alpha value is -3.36. The maximum absolute atomic E-state index is 14.1. The molecule has 9 heteroatoms. The molecule has 0 aliphatic rings. The Morgan fingerprint density at radius 2 is 1.91 bits per heavy atom. The number of rotatable bonds is 7. The molecule has 34 heavy (non-hydrogen) atoms. The number of hydrogen-bond donors (Lipinski definition) is 0. The molecule has 0 saturated heterocycles. The maximum Gasteiger partial charge on any atom is 0.266 e. The van der Waals surface area contributed by atoms with Gasteiger partial charge in [-0.3, -0.25) is 14.2 Å². The van der Waals surface area contributed by atoms with Gasteiger partial charge in [-0.05, 0) is 36.4 Å². The first kappa shape index (κ1) is 23.8. The zero-order valence-corrected chi connectivity index (χ0v) is 20.1. The van der Waals surface area contributed by atoms with Crippen molar-refractivity contribution in [1.82, 2.24) is 14.5 Å². The third kappa shape index (κ3) is 4.93. The maximum atomic E-state index is 14.1. The highest BCUT2D eigenvalue weighted by molar-refractivity contribution is 7.99. The summed E-state index contributed by atoms with van der Waals surface area (Å²) >= 11 is 7.23. The Morgan fingerprint density at radius 1 is 1.15 bits per heavy atom. The first-order valence-electron chi connectivity index (χ1n) is 10.3. The number of carbonyl (C=O) groups excluding carboxylic acids is 1. The summed E-state index contributed by atoms with van der Waals surface area (Å²) < 4.78 is 20.9. The third-order valence-corrected chi connectivity index (χ3v) is 6.54. The number of amides is 1.